The van der Waals surface area contributed by atoms with Crippen LogP contribution >= 0.6 is 0 Å². The SMILES string of the molecule is COc1cc([N+](=O)[O-])cc2c1OC1(C=C2)N(CCCO)c2ccccc2C1(C)C. The molecular formula is C22H24N2O5. The molecule has 0 aromatic heterocycles. The molecule has 7 nitrogen and oxygen atoms in total. The first-order chi connectivity index (χ1) is 13.9. The number of nitrogens with zero attached hydrogens (tertiary/aromatic N) is 2. The maximum absolute atomic E-state index is 11.3. The van der Waals surface area contributed by atoms with Crippen molar-refractivity contribution in [2.45, 2.75) is 31.4 Å². The Morgan fingerprint density at radius 2 is 2.03 bits per heavy atom. The first-order valence-corrected chi connectivity index (χ1v) is 9.58. The smallest absolute Gasteiger partial charge is 0.274 e. The third-order valence-electron chi connectivity index (χ3n) is 5.95. The van der Waals surface area contributed by atoms with Crippen LogP contribution < -0.4 is 14.4 Å². The fraction of sp³-hybridized carbons (Fsp3) is 0.364. The van der Waals surface area contributed by atoms with E-state index in [1.807, 2.05) is 24.3 Å². The Labute approximate surface area is 169 Å². The zero-order valence-electron chi connectivity index (χ0n) is 16.7. The lowest BCUT2D eigenvalue weighted by atomic mass is 9.76. The predicted octanol–water partition coefficient (Wildman–Crippen LogP) is 3.89. The second-order valence-electron chi connectivity index (χ2n) is 7.83. The molecule has 1 atom stereocenters. The average Bonchev–Trinajstić information content (AvgIpc) is 2.89. The van der Waals surface area contributed by atoms with Gasteiger partial charge in [0.2, 0.25) is 5.72 Å². The van der Waals surface area contributed by atoms with E-state index in [9.17, 15) is 15.2 Å². The van der Waals surface area contributed by atoms with Crippen LogP contribution in [0.2, 0.25) is 0 Å². The number of anilines is 1. The van der Waals surface area contributed by atoms with Gasteiger partial charge in [-0.2, -0.15) is 0 Å². The summed E-state index contributed by atoms with van der Waals surface area (Å²) in [4.78, 5) is 13.0. The van der Waals surface area contributed by atoms with E-state index in [1.165, 1.54) is 19.2 Å². The summed E-state index contributed by atoms with van der Waals surface area (Å²) >= 11 is 0. The molecule has 0 amide bonds. The summed E-state index contributed by atoms with van der Waals surface area (Å²) < 4.78 is 12.1. The first-order valence-electron chi connectivity index (χ1n) is 9.58. The molecule has 2 heterocycles. The van der Waals surface area contributed by atoms with Crippen molar-refractivity contribution in [1.29, 1.82) is 0 Å². The number of nitro benzene ring substituents is 1. The van der Waals surface area contributed by atoms with Crippen molar-refractivity contribution in [3.8, 4) is 11.5 Å². The normalized spacial score (nSPS) is 20.9. The van der Waals surface area contributed by atoms with E-state index >= 15 is 0 Å². The number of ether oxygens (including phenoxy) is 2. The molecule has 0 bridgehead atoms. The molecule has 2 aromatic carbocycles. The van der Waals surface area contributed by atoms with Crippen LogP contribution in [0.15, 0.2) is 42.5 Å². The topological polar surface area (TPSA) is 85.1 Å². The number of hydrogen-bond donors (Lipinski definition) is 1. The molecule has 0 fully saturated rings. The van der Waals surface area contributed by atoms with Gasteiger partial charge in [0.05, 0.1) is 23.5 Å². The lowest BCUT2D eigenvalue weighted by molar-refractivity contribution is -0.385. The molecule has 0 radical (unpaired) electrons. The Kier molecular flexibility index (Phi) is 4.50. The van der Waals surface area contributed by atoms with Crippen molar-refractivity contribution in [3.63, 3.8) is 0 Å². The molecular weight excluding hydrogens is 372 g/mol. The van der Waals surface area contributed by atoms with Gasteiger partial charge in [-0.25, -0.2) is 0 Å². The van der Waals surface area contributed by atoms with Crippen molar-refractivity contribution in [2.75, 3.05) is 25.2 Å². The molecule has 0 aliphatic carbocycles. The summed E-state index contributed by atoms with van der Waals surface area (Å²) in [6, 6.07) is 11.0. The van der Waals surface area contributed by atoms with Gasteiger partial charge >= 0.3 is 0 Å². The third-order valence-corrected chi connectivity index (χ3v) is 5.95. The number of nitro groups is 1. The number of non-ortho nitro benzene ring substituents is 1. The Bertz CT molecular complexity index is 1000. The monoisotopic (exact) mass is 396 g/mol. The van der Waals surface area contributed by atoms with Gasteiger partial charge in [0, 0.05) is 30.5 Å². The predicted molar refractivity (Wildman–Crippen MR) is 111 cm³/mol. The van der Waals surface area contributed by atoms with E-state index in [1.54, 1.807) is 0 Å². The molecule has 0 saturated carbocycles. The fourth-order valence-electron chi connectivity index (χ4n) is 4.43. The summed E-state index contributed by atoms with van der Waals surface area (Å²) in [5.41, 5.74) is 1.50. The second kappa shape index (κ2) is 6.77. The van der Waals surface area contributed by atoms with E-state index in [0.29, 0.717) is 30.0 Å². The molecule has 4 rings (SSSR count). The van der Waals surface area contributed by atoms with Crippen molar-refractivity contribution in [2.24, 2.45) is 0 Å². The summed E-state index contributed by atoms with van der Waals surface area (Å²) in [6.07, 6.45) is 4.43. The zero-order chi connectivity index (χ0) is 20.8. The van der Waals surface area contributed by atoms with Gasteiger partial charge in [-0.3, -0.25) is 10.1 Å². The van der Waals surface area contributed by atoms with E-state index in [4.69, 9.17) is 9.47 Å². The first kappa shape index (κ1) is 19.3. The number of methoxy groups -OCH3 is 1. The van der Waals surface area contributed by atoms with Crippen LogP contribution in [0.4, 0.5) is 11.4 Å². The number of fused-ring (bicyclic) bond motifs is 2. The van der Waals surface area contributed by atoms with Gasteiger partial charge in [0.1, 0.15) is 0 Å². The summed E-state index contributed by atoms with van der Waals surface area (Å²) in [5.74, 6) is 0.808. The molecule has 7 heteroatoms. The minimum absolute atomic E-state index is 0.0455. The number of benzene rings is 2. The van der Waals surface area contributed by atoms with E-state index < -0.39 is 16.1 Å². The Balaban J connectivity index is 1.89. The van der Waals surface area contributed by atoms with Gasteiger partial charge in [-0.05, 0) is 44.1 Å². The number of hydrogen-bond acceptors (Lipinski definition) is 6. The lowest BCUT2D eigenvalue weighted by Gasteiger charge is -2.47. The average molecular weight is 396 g/mol. The molecule has 0 saturated heterocycles. The van der Waals surface area contributed by atoms with E-state index in [0.717, 1.165) is 11.3 Å². The van der Waals surface area contributed by atoms with Crippen LogP contribution in [-0.2, 0) is 5.41 Å². The van der Waals surface area contributed by atoms with Crippen LogP contribution in [0.3, 0.4) is 0 Å². The van der Waals surface area contributed by atoms with Gasteiger partial charge in [0.15, 0.2) is 11.5 Å². The highest BCUT2D eigenvalue weighted by Crippen LogP contribution is 2.56. The van der Waals surface area contributed by atoms with Crippen molar-refractivity contribution < 1.29 is 19.5 Å². The highest BCUT2D eigenvalue weighted by molar-refractivity contribution is 5.75. The zero-order valence-corrected chi connectivity index (χ0v) is 16.7. The van der Waals surface area contributed by atoms with Crippen LogP contribution in [0.1, 0.15) is 31.4 Å². The van der Waals surface area contributed by atoms with Crippen molar-refractivity contribution in [3.05, 3.63) is 63.7 Å². The van der Waals surface area contributed by atoms with Crippen molar-refractivity contribution >= 4 is 17.5 Å². The number of aliphatic hydroxyl groups is 1. The maximum Gasteiger partial charge on any atom is 0.274 e. The summed E-state index contributed by atoms with van der Waals surface area (Å²) in [6.45, 7) is 4.92. The highest BCUT2D eigenvalue weighted by Gasteiger charge is 2.58. The Morgan fingerprint density at radius 3 is 2.72 bits per heavy atom. The quantitative estimate of drug-likeness (QED) is 0.610. The highest BCUT2D eigenvalue weighted by atomic mass is 16.6. The minimum Gasteiger partial charge on any atom is -0.493 e. The van der Waals surface area contributed by atoms with Crippen LogP contribution in [-0.4, -0.2) is 36.0 Å². The Hall–Kier alpha value is -3.06. The van der Waals surface area contributed by atoms with Gasteiger partial charge < -0.3 is 19.5 Å². The third kappa shape index (κ3) is 2.68. The van der Waals surface area contributed by atoms with E-state index in [-0.39, 0.29) is 12.3 Å². The Morgan fingerprint density at radius 1 is 1.28 bits per heavy atom. The van der Waals surface area contributed by atoms with Crippen LogP contribution in [0.5, 0.6) is 11.5 Å². The molecule has 1 spiro atoms. The maximum atomic E-state index is 11.3. The number of rotatable bonds is 5. The molecule has 2 aliphatic heterocycles. The lowest BCUT2D eigenvalue weighted by Crippen LogP contribution is -2.59. The van der Waals surface area contributed by atoms with Gasteiger partial charge in [-0.1, -0.05) is 18.2 Å². The minimum atomic E-state index is -0.845. The standard InChI is InChI=1S/C22H24N2O5/c1-21(2)17-7-4-5-8-18(17)23(11-6-12-25)22(21)10-9-15-13-16(24(26)27)14-19(28-3)20(15)29-22/h4-5,7-10,13-14,25H,6,11-12H2,1-3H3. The molecule has 29 heavy (non-hydrogen) atoms. The number of para-hydroxylation sites is 1. The second-order valence-corrected chi connectivity index (χ2v) is 7.83. The fourth-order valence-corrected chi connectivity index (χ4v) is 4.43. The van der Waals surface area contributed by atoms with Crippen LogP contribution in [0.25, 0.3) is 6.08 Å². The molecule has 2 aliphatic rings. The molecule has 152 valence electrons. The van der Waals surface area contributed by atoms with Crippen molar-refractivity contribution in [1.82, 2.24) is 0 Å². The van der Waals surface area contributed by atoms with Gasteiger partial charge in [0.25, 0.3) is 5.69 Å². The van der Waals surface area contributed by atoms with E-state index in [2.05, 4.69) is 30.9 Å². The largest absolute Gasteiger partial charge is 0.493 e. The summed E-state index contributed by atoms with van der Waals surface area (Å²) in [5, 5.41) is 20.7. The molecule has 2 aromatic rings. The molecule has 1 N–H and O–H groups in total. The van der Waals surface area contributed by atoms with Crippen LogP contribution in [0, 0.1) is 10.1 Å². The summed E-state index contributed by atoms with van der Waals surface area (Å²) in [7, 11) is 1.48. The molecule has 1 unspecified atom stereocenters. The number of aliphatic hydroxyl groups excluding tert-OH is 1. The van der Waals surface area contributed by atoms with Gasteiger partial charge in [-0.15, -0.1) is 0 Å².